The molecule has 3 aromatic rings. The second-order valence-electron chi connectivity index (χ2n) is 9.76. The molecule has 1 aromatic heterocycles. The Kier molecular flexibility index (Phi) is 8.38. The molecule has 206 valence electrons. The zero-order valence-corrected chi connectivity index (χ0v) is 21.7. The molecule has 11 heteroatoms. The number of primary amides is 1. The van der Waals surface area contributed by atoms with Gasteiger partial charge in [-0.15, -0.1) is 0 Å². The van der Waals surface area contributed by atoms with Crippen LogP contribution in [0.1, 0.15) is 32.3 Å². The van der Waals surface area contributed by atoms with Gasteiger partial charge in [-0.05, 0) is 54.2 Å². The van der Waals surface area contributed by atoms with Crippen LogP contribution in [0.2, 0.25) is 0 Å². The second-order valence-corrected chi connectivity index (χ2v) is 9.76. The van der Waals surface area contributed by atoms with E-state index >= 15 is 0 Å². The molecule has 0 saturated carbocycles. The topological polar surface area (TPSA) is 170 Å². The van der Waals surface area contributed by atoms with E-state index in [0.717, 1.165) is 0 Å². The Hall–Kier alpha value is -4.54. The maximum atomic E-state index is 13.2. The molecule has 0 fully saturated rings. The van der Waals surface area contributed by atoms with Crippen molar-refractivity contribution in [2.75, 3.05) is 19.8 Å². The largest absolute Gasteiger partial charge is 0.507 e. The molecule has 2 heterocycles. The standard InChI is InChI=1S/C28H31N3O8/c1-15(2)9-19(28(36)30-13-24(29)33)31-25(34)6-3-16-10-20(32)26-23(11-16)39-14-18(27(26)35)17-4-5-21-22(12-17)38-8-7-37-21/h4-5,10-12,14-15,19,32H,3,6-9,13H2,1-2H3,(H2,29,33)(H,30,36)(H,31,34). The number of fused-ring (bicyclic) bond motifs is 2. The molecule has 4 rings (SSSR count). The Labute approximate surface area is 224 Å². The third-order valence-corrected chi connectivity index (χ3v) is 6.21. The molecule has 1 aliphatic rings. The van der Waals surface area contributed by atoms with Gasteiger partial charge in [0.25, 0.3) is 0 Å². The van der Waals surface area contributed by atoms with Crippen molar-refractivity contribution in [3.05, 3.63) is 52.4 Å². The summed E-state index contributed by atoms with van der Waals surface area (Å²) in [5.74, 6) is -0.592. The zero-order valence-electron chi connectivity index (χ0n) is 21.7. The molecule has 1 aliphatic heterocycles. The first-order chi connectivity index (χ1) is 18.6. The van der Waals surface area contributed by atoms with Gasteiger partial charge in [-0.3, -0.25) is 19.2 Å². The van der Waals surface area contributed by atoms with E-state index in [1.165, 1.54) is 12.3 Å². The number of carbonyl (C=O) groups is 3. The highest BCUT2D eigenvalue weighted by molar-refractivity contribution is 5.90. The Balaban J connectivity index is 1.48. The maximum Gasteiger partial charge on any atom is 0.243 e. The van der Waals surface area contributed by atoms with Crippen LogP contribution in [-0.2, 0) is 20.8 Å². The number of aryl methyl sites for hydroxylation is 1. The normalized spacial score (nSPS) is 13.2. The smallest absolute Gasteiger partial charge is 0.243 e. The molecule has 1 unspecified atom stereocenters. The molecule has 0 bridgehead atoms. The van der Waals surface area contributed by atoms with Gasteiger partial charge in [-0.2, -0.15) is 0 Å². The fourth-order valence-corrected chi connectivity index (χ4v) is 4.37. The number of rotatable bonds is 10. The minimum atomic E-state index is -0.821. The molecule has 0 aliphatic carbocycles. The van der Waals surface area contributed by atoms with E-state index in [-0.39, 0.29) is 53.5 Å². The molecule has 5 N–H and O–H groups in total. The lowest BCUT2D eigenvalue weighted by Crippen LogP contribution is -2.49. The monoisotopic (exact) mass is 537 g/mol. The summed E-state index contributed by atoms with van der Waals surface area (Å²) in [7, 11) is 0. The van der Waals surface area contributed by atoms with Crippen molar-refractivity contribution in [1.82, 2.24) is 10.6 Å². The number of nitrogens with one attached hydrogen (secondary N) is 2. The number of benzene rings is 2. The third kappa shape index (κ3) is 6.67. The SMILES string of the molecule is CC(C)CC(NC(=O)CCc1cc(O)c2c(=O)c(-c3ccc4c(c3)OCCO4)coc2c1)C(=O)NCC(N)=O. The van der Waals surface area contributed by atoms with Crippen LogP contribution in [0.3, 0.4) is 0 Å². The third-order valence-electron chi connectivity index (χ3n) is 6.21. The van der Waals surface area contributed by atoms with Crippen molar-refractivity contribution in [2.45, 2.75) is 39.2 Å². The van der Waals surface area contributed by atoms with E-state index < -0.39 is 23.3 Å². The molecule has 0 spiro atoms. The summed E-state index contributed by atoms with van der Waals surface area (Å²) in [6, 6.07) is 7.33. The number of nitrogens with two attached hydrogens (primary N) is 1. The Bertz CT molecular complexity index is 1460. The lowest BCUT2D eigenvalue weighted by molar-refractivity contribution is -0.130. The number of hydrogen-bond donors (Lipinski definition) is 4. The number of amides is 3. The van der Waals surface area contributed by atoms with Crippen molar-refractivity contribution in [3.8, 4) is 28.4 Å². The predicted octanol–water partition coefficient (Wildman–Crippen LogP) is 2.00. The molecule has 11 nitrogen and oxygen atoms in total. The lowest BCUT2D eigenvalue weighted by Gasteiger charge is -2.20. The highest BCUT2D eigenvalue weighted by Gasteiger charge is 2.22. The van der Waals surface area contributed by atoms with E-state index in [0.29, 0.717) is 42.3 Å². The van der Waals surface area contributed by atoms with Gasteiger partial charge in [0.2, 0.25) is 23.2 Å². The number of carbonyl (C=O) groups excluding carboxylic acids is 3. The number of phenols is 1. The van der Waals surface area contributed by atoms with E-state index in [1.807, 2.05) is 13.8 Å². The quantitative estimate of drug-likeness (QED) is 0.304. The van der Waals surface area contributed by atoms with Gasteiger partial charge in [0, 0.05) is 6.42 Å². The average molecular weight is 538 g/mol. The van der Waals surface area contributed by atoms with Crippen LogP contribution in [0.15, 0.2) is 45.8 Å². The number of phenolic OH excluding ortho intramolecular Hbond substituents is 1. The summed E-state index contributed by atoms with van der Waals surface area (Å²) in [5.41, 5.74) is 6.24. The van der Waals surface area contributed by atoms with Crippen molar-refractivity contribution >= 4 is 28.7 Å². The molecule has 39 heavy (non-hydrogen) atoms. The van der Waals surface area contributed by atoms with Gasteiger partial charge < -0.3 is 35.4 Å². The first-order valence-corrected chi connectivity index (χ1v) is 12.6. The van der Waals surface area contributed by atoms with Crippen LogP contribution in [-0.4, -0.2) is 48.6 Å². The van der Waals surface area contributed by atoms with Gasteiger partial charge in [-0.25, -0.2) is 0 Å². The fourth-order valence-electron chi connectivity index (χ4n) is 4.37. The molecule has 3 amide bonds. The Morgan fingerprint density at radius 1 is 1.08 bits per heavy atom. The van der Waals surface area contributed by atoms with E-state index in [2.05, 4.69) is 10.6 Å². The lowest BCUT2D eigenvalue weighted by atomic mass is 10.0. The summed E-state index contributed by atoms with van der Waals surface area (Å²) in [6.45, 7) is 4.36. The van der Waals surface area contributed by atoms with Crippen molar-refractivity contribution < 1.29 is 33.4 Å². The van der Waals surface area contributed by atoms with Crippen LogP contribution < -0.4 is 31.3 Å². The minimum Gasteiger partial charge on any atom is -0.507 e. The zero-order chi connectivity index (χ0) is 28.1. The van der Waals surface area contributed by atoms with Gasteiger partial charge in [-0.1, -0.05) is 19.9 Å². The van der Waals surface area contributed by atoms with Crippen molar-refractivity contribution in [1.29, 1.82) is 0 Å². The predicted molar refractivity (Wildman–Crippen MR) is 142 cm³/mol. The molecular weight excluding hydrogens is 506 g/mol. The summed E-state index contributed by atoms with van der Waals surface area (Å²) in [4.78, 5) is 49.2. The van der Waals surface area contributed by atoms with E-state index in [1.54, 1.807) is 24.3 Å². The molecule has 0 radical (unpaired) electrons. The molecule has 0 saturated heterocycles. The summed E-state index contributed by atoms with van der Waals surface area (Å²) in [6.07, 6.45) is 1.94. The van der Waals surface area contributed by atoms with Gasteiger partial charge in [0.1, 0.15) is 42.2 Å². The van der Waals surface area contributed by atoms with Crippen molar-refractivity contribution in [2.24, 2.45) is 11.7 Å². The van der Waals surface area contributed by atoms with Gasteiger partial charge in [0.15, 0.2) is 11.5 Å². The number of ether oxygens (including phenoxy) is 2. The Morgan fingerprint density at radius 2 is 1.82 bits per heavy atom. The van der Waals surface area contributed by atoms with Gasteiger partial charge >= 0.3 is 0 Å². The molecular formula is C28H31N3O8. The van der Waals surface area contributed by atoms with Crippen LogP contribution in [0.25, 0.3) is 22.1 Å². The fraction of sp³-hybridized carbons (Fsp3) is 0.357. The maximum absolute atomic E-state index is 13.2. The Morgan fingerprint density at radius 3 is 2.54 bits per heavy atom. The summed E-state index contributed by atoms with van der Waals surface area (Å²) < 4.78 is 16.8. The molecule has 1 atom stereocenters. The van der Waals surface area contributed by atoms with E-state index in [9.17, 15) is 24.3 Å². The minimum absolute atomic E-state index is 0.0160. The van der Waals surface area contributed by atoms with Crippen molar-refractivity contribution in [3.63, 3.8) is 0 Å². The van der Waals surface area contributed by atoms with Crippen LogP contribution in [0, 0.1) is 5.92 Å². The van der Waals surface area contributed by atoms with Crippen LogP contribution in [0.4, 0.5) is 0 Å². The highest BCUT2D eigenvalue weighted by Crippen LogP contribution is 2.35. The van der Waals surface area contributed by atoms with Crippen LogP contribution in [0.5, 0.6) is 17.2 Å². The highest BCUT2D eigenvalue weighted by atomic mass is 16.6. The number of aromatic hydroxyl groups is 1. The van der Waals surface area contributed by atoms with Gasteiger partial charge in [0.05, 0.1) is 12.1 Å². The number of hydrogen-bond acceptors (Lipinski definition) is 8. The summed E-state index contributed by atoms with van der Waals surface area (Å²) >= 11 is 0. The molecule has 2 aromatic carbocycles. The summed E-state index contributed by atoms with van der Waals surface area (Å²) in [5, 5.41) is 15.8. The first kappa shape index (κ1) is 27.5. The van der Waals surface area contributed by atoms with E-state index in [4.69, 9.17) is 19.6 Å². The van der Waals surface area contributed by atoms with Crippen LogP contribution >= 0.6 is 0 Å². The second kappa shape index (κ2) is 11.9. The first-order valence-electron chi connectivity index (χ1n) is 12.6. The average Bonchev–Trinajstić information content (AvgIpc) is 2.89.